The summed E-state index contributed by atoms with van der Waals surface area (Å²) in [6.07, 6.45) is 6.90. The van der Waals surface area contributed by atoms with Gasteiger partial charge < -0.3 is 14.6 Å². The number of aliphatic hydroxyl groups is 1. The molecule has 3 aliphatic heterocycles. The predicted octanol–water partition coefficient (Wildman–Crippen LogP) is 1.42. The van der Waals surface area contributed by atoms with E-state index in [1.165, 1.54) is 25.9 Å². The third-order valence-corrected chi connectivity index (χ3v) is 5.14. The Kier molecular flexibility index (Phi) is 4.42. The van der Waals surface area contributed by atoms with Crippen LogP contribution in [0.2, 0.25) is 0 Å². The van der Waals surface area contributed by atoms with Crippen molar-refractivity contribution in [2.24, 2.45) is 5.92 Å². The topological polar surface area (TPSA) is 41.9 Å². The fraction of sp³-hybridized carbons (Fsp3) is 1.00. The summed E-state index contributed by atoms with van der Waals surface area (Å²) < 4.78 is 11.6. The molecule has 3 heterocycles. The molecule has 1 N–H and O–H groups in total. The molecule has 3 atom stereocenters. The van der Waals surface area contributed by atoms with E-state index in [-0.39, 0.29) is 5.60 Å². The van der Waals surface area contributed by atoms with Crippen LogP contribution in [-0.2, 0) is 9.47 Å². The van der Waals surface area contributed by atoms with Gasteiger partial charge in [0.25, 0.3) is 0 Å². The van der Waals surface area contributed by atoms with E-state index in [1.807, 2.05) is 0 Å². The second-order valence-electron chi connectivity index (χ2n) is 6.50. The molecule has 0 aliphatic carbocycles. The lowest BCUT2D eigenvalue weighted by molar-refractivity contribution is -0.110. The summed E-state index contributed by atoms with van der Waals surface area (Å²) >= 11 is 0. The summed E-state index contributed by atoms with van der Waals surface area (Å²) in [4.78, 5) is 2.66. The van der Waals surface area contributed by atoms with Gasteiger partial charge in [-0.1, -0.05) is 0 Å². The van der Waals surface area contributed by atoms with Crippen LogP contribution in [0.1, 0.15) is 38.5 Å². The van der Waals surface area contributed by atoms with Gasteiger partial charge in [-0.2, -0.15) is 0 Å². The number of likely N-dealkylation sites (tertiary alicyclic amines) is 1. The van der Waals surface area contributed by atoms with Crippen LogP contribution in [0.4, 0.5) is 0 Å². The van der Waals surface area contributed by atoms with Crippen LogP contribution >= 0.6 is 0 Å². The highest BCUT2D eigenvalue weighted by atomic mass is 16.6. The highest BCUT2D eigenvalue weighted by molar-refractivity contribution is 4.94. The molecule has 3 aliphatic rings. The summed E-state index contributed by atoms with van der Waals surface area (Å²) in [5, 5.41) is 9.13. The SMILES string of the molecule is OCCC1CCCN(C2CCOC3(CCOC3)C2)C1. The van der Waals surface area contributed by atoms with E-state index in [4.69, 9.17) is 14.6 Å². The fourth-order valence-electron chi connectivity index (χ4n) is 4.02. The molecule has 0 radical (unpaired) electrons. The van der Waals surface area contributed by atoms with Crippen molar-refractivity contribution in [1.29, 1.82) is 0 Å². The molecule has 0 aromatic heterocycles. The molecule has 4 nitrogen and oxygen atoms in total. The van der Waals surface area contributed by atoms with Crippen LogP contribution in [0.3, 0.4) is 0 Å². The molecule has 3 unspecified atom stereocenters. The Labute approximate surface area is 116 Å². The van der Waals surface area contributed by atoms with Crippen LogP contribution in [0.15, 0.2) is 0 Å². The number of aliphatic hydroxyl groups excluding tert-OH is 1. The number of rotatable bonds is 3. The molecule has 0 saturated carbocycles. The second-order valence-corrected chi connectivity index (χ2v) is 6.50. The average Bonchev–Trinajstić information content (AvgIpc) is 2.87. The monoisotopic (exact) mass is 269 g/mol. The lowest BCUT2D eigenvalue weighted by atomic mass is 9.86. The van der Waals surface area contributed by atoms with Gasteiger partial charge in [0.05, 0.1) is 12.2 Å². The lowest BCUT2D eigenvalue weighted by Crippen LogP contribution is -2.51. The van der Waals surface area contributed by atoms with Crippen molar-refractivity contribution >= 4 is 0 Å². The summed E-state index contributed by atoms with van der Waals surface area (Å²) in [5.74, 6) is 0.692. The summed E-state index contributed by atoms with van der Waals surface area (Å²) in [6.45, 7) is 5.27. The van der Waals surface area contributed by atoms with E-state index in [0.29, 0.717) is 18.6 Å². The standard InChI is InChI=1S/C15H27NO3/c17-7-3-13-2-1-6-16(11-13)14-4-8-19-15(10-14)5-9-18-12-15/h13-14,17H,1-12H2. The van der Waals surface area contributed by atoms with Gasteiger partial charge >= 0.3 is 0 Å². The molecule has 3 saturated heterocycles. The summed E-state index contributed by atoms with van der Waals surface area (Å²) in [7, 11) is 0. The zero-order chi connectivity index (χ0) is 13.1. The molecule has 0 bridgehead atoms. The summed E-state index contributed by atoms with van der Waals surface area (Å²) in [5.41, 5.74) is 0.0207. The third kappa shape index (κ3) is 3.13. The van der Waals surface area contributed by atoms with Crippen LogP contribution < -0.4 is 0 Å². The van der Waals surface area contributed by atoms with Crippen molar-refractivity contribution in [2.45, 2.75) is 50.2 Å². The number of piperidine rings is 1. The molecular weight excluding hydrogens is 242 g/mol. The van der Waals surface area contributed by atoms with E-state index in [2.05, 4.69) is 4.90 Å². The van der Waals surface area contributed by atoms with Crippen LogP contribution in [0, 0.1) is 5.92 Å². The Morgan fingerprint density at radius 1 is 1.26 bits per heavy atom. The van der Waals surface area contributed by atoms with Crippen LogP contribution in [0.25, 0.3) is 0 Å². The Balaban J connectivity index is 1.58. The average molecular weight is 269 g/mol. The number of nitrogens with zero attached hydrogens (tertiary/aromatic N) is 1. The van der Waals surface area contributed by atoms with E-state index in [9.17, 15) is 0 Å². The highest BCUT2D eigenvalue weighted by Crippen LogP contribution is 2.36. The smallest absolute Gasteiger partial charge is 0.0951 e. The van der Waals surface area contributed by atoms with Gasteiger partial charge in [0.15, 0.2) is 0 Å². The maximum absolute atomic E-state index is 9.13. The van der Waals surface area contributed by atoms with Crippen molar-refractivity contribution < 1.29 is 14.6 Å². The molecular formula is C15H27NO3. The van der Waals surface area contributed by atoms with Gasteiger partial charge in [0.2, 0.25) is 0 Å². The lowest BCUT2D eigenvalue weighted by Gasteiger charge is -2.45. The molecule has 0 aromatic rings. The highest BCUT2D eigenvalue weighted by Gasteiger charge is 2.42. The minimum atomic E-state index is 0.0207. The van der Waals surface area contributed by atoms with E-state index in [0.717, 1.165) is 45.5 Å². The Bertz CT molecular complexity index is 289. The molecule has 0 aromatic carbocycles. The van der Waals surface area contributed by atoms with Gasteiger partial charge in [0, 0.05) is 38.8 Å². The van der Waals surface area contributed by atoms with Gasteiger partial charge in [-0.25, -0.2) is 0 Å². The zero-order valence-corrected chi connectivity index (χ0v) is 11.9. The minimum Gasteiger partial charge on any atom is -0.396 e. The number of ether oxygens (including phenoxy) is 2. The first kappa shape index (κ1) is 13.8. The molecule has 110 valence electrons. The Hall–Kier alpha value is -0.160. The van der Waals surface area contributed by atoms with Gasteiger partial charge in [0.1, 0.15) is 0 Å². The Morgan fingerprint density at radius 3 is 3.00 bits per heavy atom. The second kappa shape index (κ2) is 6.08. The van der Waals surface area contributed by atoms with Crippen LogP contribution in [-0.4, -0.2) is 61.2 Å². The quantitative estimate of drug-likeness (QED) is 0.841. The van der Waals surface area contributed by atoms with Gasteiger partial charge in [-0.3, -0.25) is 4.90 Å². The third-order valence-electron chi connectivity index (χ3n) is 5.14. The Morgan fingerprint density at radius 2 is 2.21 bits per heavy atom. The van der Waals surface area contributed by atoms with Crippen molar-refractivity contribution in [1.82, 2.24) is 4.90 Å². The maximum atomic E-state index is 9.13. The van der Waals surface area contributed by atoms with Crippen LogP contribution in [0.5, 0.6) is 0 Å². The first-order chi connectivity index (χ1) is 9.31. The van der Waals surface area contributed by atoms with Crippen molar-refractivity contribution in [2.75, 3.05) is 39.5 Å². The van der Waals surface area contributed by atoms with Crippen molar-refractivity contribution in [3.8, 4) is 0 Å². The molecule has 19 heavy (non-hydrogen) atoms. The van der Waals surface area contributed by atoms with E-state index < -0.39 is 0 Å². The van der Waals surface area contributed by atoms with E-state index in [1.54, 1.807) is 0 Å². The molecule has 0 amide bonds. The summed E-state index contributed by atoms with van der Waals surface area (Å²) in [6, 6.07) is 0.664. The van der Waals surface area contributed by atoms with Crippen molar-refractivity contribution in [3.63, 3.8) is 0 Å². The van der Waals surface area contributed by atoms with E-state index >= 15 is 0 Å². The maximum Gasteiger partial charge on any atom is 0.0951 e. The van der Waals surface area contributed by atoms with Crippen molar-refractivity contribution in [3.05, 3.63) is 0 Å². The molecule has 3 rings (SSSR count). The first-order valence-corrected chi connectivity index (χ1v) is 7.88. The molecule has 4 heteroatoms. The number of hydrogen-bond acceptors (Lipinski definition) is 4. The minimum absolute atomic E-state index is 0.0207. The molecule has 1 spiro atoms. The zero-order valence-electron chi connectivity index (χ0n) is 11.9. The van der Waals surface area contributed by atoms with Gasteiger partial charge in [-0.15, -0.1) is 0 Å². The normalized spacial score (nSPS) is 40.9. The number of hydrogen-bond donors (Lipinski definition) is 1. The fourth-order valence-corrected chi connectivity index (χ4v) is 4.02. The van der Waals surface area contributed by atoms with Gasteiger partial charge in [-0.05, 0) is 44.6 Å². The predicted molar refractivity (Wildman–Crippen MR) is 73.1 cm³/mol. The first-order valence-electron chi connectivity index (χ1n) is 7.88. The largest absolute Gasteiger partial charge is 0.396 e. The molecule has 3 fully saturated rings.